The Morgan fingerprint density at radius 2 is 1.67 bits per heavy atom. The summed E-state index contributed by atoms with van der Waals surface area (Å²) in [6, 6.07) is 21.2. The fraction of sp³-hybridized carbons (Fsp3) is 0.323. The summed E-state index contributed by atoms with van der Waals surface area (Å²) in [7, 11) is 1.48. The van der Waals surface area contributed by atoms with Gasteiger partial charge in [-0.1, -0.05) is 67.4 Å². The molecular formula is C31H33ClFN3O3. The maximum atomic E-state index is 14.2. The zero-order chi connectivity index (χ0) is 27.2. The molecule has 0 spiro atoms. The van der Waals surface area contributed by atoms with E-state index in [-0.39, 0.29) is 11.6 Å². The van der Waals surface area contributed by atoms with E-state index in [0.717, 1.165) is 59.1 Å². The number of unbranched alkanes of at least 4 members (excludes halogenated alkanes) is 1. The van der Waals surface area contributed by atoms with Crippen LogP contribution in [0.2, 0.25) is 5.15 Å². The molecule has 39 heavy (non-hydrogen) atoms. The van der Waals surface area contributed by atoms with E-state index in [1.165, 1.54) is 13.2 Å². The molecule has 0 saturated heterocycles. The highest BCUT2D eigenvalue weighted by molar-refractivity contribution is 6.30. The lowest BCUT2D eigenvalue weighted by molar-refractivity contribution is 0.170. The molecule has 1 aliphatic heterocycles. The topological polar surface area (TPSA) is 48.8 Å². The van der Waals surface area contributed by atoms with Crippen LogP contribution in [0, 0.1) is 5.82 Å². The van der Waals surface area contributed by atoms with Gasteiger partial charge in [0.05, 0.1) is 12.8 Å². The Bertz CT molecular complexity index is 1410. The smallest absolute Gasteiger partial charge is 0.165 e. The predicted octanol–water partition coefficient (Wildman–Crippen LogP) is 7.12. The first-order chi connectivity index (χ1) is 19.1. The van der Waals surface area contributed by atoms with E-state index in [9.17, 15) is 4.39 Å². The van der Waals surface area contributed by atoms with Crippen molar-refractivity contribution in [1.29, 1.82) is 0 Å². The van der Waals surface area contributed by atoms with Crippen molar-refractivity contribution in [3.63, 3.8) is 0 Å². The molecule has 1 aliphatic rings. The van der Waals surface area contributed by atoms with Gasteiger partial charge in [-0.15, -0.1) is 0 Å². The number of hydrogen-bond acceptors (Lipinski definition) is 5. The van der Waals surface area contributed by atoms with Crippen molar-refractivity contribution >= 4 is 11.6 Å². The van der Waals surface area contributed by atoms with Gasteiger partial charge in [0.25, 0.3) is 0 Å². The highest BCUT2D eigenvalue weighted by atomic mass is 35.5. The molecule has 1 aromatic heterocycles. The molecule has 0 N–H and O–H groups in total. The van der Waals surface area contributed by atoms with Gasteiger partial charge < -0.3 is 18.8 Å². The van der Waals surface area contributed by atoms with Crippen molar-refractivity contribution in [1.82, 2.24) is 14.5 Å². The maximum absolute atomic E-state index is 14.2. The summed E-state index contributed by atoms with van der Waals surface area (Å²) in [6.45, 7) is 5.80. The number of halogens is 2. The molecule has 5 rings (SSSR count). The summed E-state index contributed by atoms with van der Waals surface area (Å²) in [5.74, 6) is 2.22. The Morgan fingerprint density at radius 1 is 0.949 bits per heavy atom. The van der Waals surface area contributed by atoms with Gasteiger partial charge in [0.2, 0.25) is 0 Å². The van der Waals surface area contributed by atoms with E-state index in [2.05, 4.69) is 34.6 Å². The van der Waals surface area contributed by atoms with Crippen LogP contribution in [0.25, 0.3) is 11.4 Å². The fourth-order valence-electron chi connectivity index (χ4n) is 4.86. The lowest BCUT2D eigenvalue weighted by atomic mass is 10.1. The third-order valence-corrected chi connectivity index (χ3v) is 7.10. The average Bonchev–Trinajstić information content (AvgIpc) is 3.27. The SMILES string of the molecule is CCCCn1c(-c2ccccc2)nc(Cl)c1CN(Cc1ccc(F)c(OC)c1)Cc1ccc2c(c1)OCCO2. The molecule has 0 unspecified atom stereocenters. The van der Waals surface area contributed by atoms with E-state index in [4.69, 9.17) is 30.8 Å². The highest BCUT2D eigenvalue weighted by Gasteiger charge is 2.21. The van der Waals surface area contributed by atoms with Crippen LogP contribution in [0.1, 0.15) is 36.6 Å². The molecule has 3 aromatic carbocycles. The lowest BCUT2D eigenvalue weighted by Gasteiger charge is -2.25. The number of fused-ring (bicyclic) bond motifs is 1. The quantitative estimate of drug-likeness (QED) is 0.199. The van der Waals surface area contributed by atoms with Gasteiger partial charge in [-0.05, 0) is 41.8 Å². The third-order valence-electron chi connectivity index (χ3n) is 6.80. The number of methoxy groups -OCH3 is 1. The number of rotatable bonds is 11. The van der Waals surface area contributed by atoms with Crippen molar-refractivity contribution in [2.75, 3.05) is 20.3 Å². The summed E-state index contributed by atoms with van der Waals surface area (Å²) in [4.78, 5) is 7.07. The highest BCUT2D eigenvalue weighted by Crippen LogP contribution is 2.33. The van der Waals surface area contributed by atoms with Crippen LogP contribution in [0.4, 0.5) is 4.39 Å². The van der Waals surface area contributed by atoms with Gasteiger partial charge in [-0.2, -0.15) is 0 Å². The Balaban J connectivity index is 1.50. The van der Waals surface area contributed by atoms with Gasteiger partial charge in [-0.25, -0.2) is 9.37 Å². The minimum Gasteiger partial charge on any atom is -0.494 e. The zero-order valence-electron chi connectivity index (χ0n) is 22.3. The first-order valence-electron chi connectivity index (χ1n) is 13.3. The van der Waals surface area contributed by atoms with Gasteiger partial charge in [0.1, 0.15) is 19.0 Å². The van der Waals surface area contributed by atoms with Gasteiger partial charge in [-0.3, -0.25) is 4.90 Å². The molecule has 8 heteroatoms. The first kappa shape index (κ1) is 27.0. The van der Waals surface area contributed by atoms with Crippen molar-refractivity contribution < 1.29 is 18.6 Å². The normalized spacial score (nSPS) is 12.6. The van der Waals surface area contributed by atoms with Crippen LogP contribution in [-0.4, -0.2) is 34.8 Å². The summed E-state index contributed by atoms with van der Waals surface area (Å²) in [5, 5.41) is 0.494. The van der Waals surface area contributed by atoms with E-state index in [0.29, 0.717) is 38.0 Å². The molecule has 0 radical (unpaired) electrons. The maximum Gasteiger partial charge on any atom is 0.165 e. The molecule has 0 fully saturated rings. The predicted molar refractivity (Wildman–Crippen MR) is 151 cm³/mol. The Morgan fingerprint density at radius 3 is 2.41 bits per heavy atom. The fourth-order valence-corrected chi connectivity index (χ4v) is 5.10. The second kappa shape index (κ2) is 12.5. The Labute approximate surface area is 233 Å². The summed E-state index contributed by atoms with van der Waals surface area (Å²) >= 11 is 6.83. The van der Waals surface area contributed by atoms with E-state index >= 15 is 0 Å². The van der Waals surface area contributed by atoms with Gasteiger partial charge >= 0.3 is 0 Å². The van der Waals surface area contributed by atoms with E-state index in [1.807, 2.05) is 30.3 Å². The number of imidazole rings is 1. The van der Waals surface area contributed by atoms with Crippen molar-refractivity contribution in [2.45, 2.75) is 45.9 Å². The molecule has 204 valence electrons. The molecule has 6 nitrogen and oxygen atoms in total. The van der Waals surface area contributed by atoms with Crippen LogP contribution in [0.15, 0.2) is 66.7 Å². The Hall–Kier alpha value is -3.55. The zero-order valence-corrected chi connectivity index (χ0v) is 23.1. The van der Waals surface area contributed by atoms with E-state index < -0.39 is 0 Å². The molecule has 0 saturated carbocycles. The van der Waals surface area contributed by atoms with Gasteiger partial charge in [0.15, 0.2) is 28.2 Å². The standard InChI is InChI=1S/C31H33ClFN3O3/c1-3-4-14-36-26(30(32)34-31(36)24-8-6-5-7-9-24)21-35(19-22-10-12-25(33)28(17-22)37-2)20-23-11-13-27-29(18-23)39-16-15-38-27/h5-13,17-18H,3-4,14-16,19-21H2,1-2H3. The van der Waals surface area contributed by atoms with Crippen molar-refractivity contribution in [3.05, 3.63) is 94.5 Å². The lowest BCUT2D eigenvalue weighted by Crippen LogP contribution is -2.25. The molecule has 0 atom stereocenters. The number of aromatic nitrogens is 2. The second-order valence-electron chi connectivity index (χ2n) is 9.64. The molecule has 0 aliphatic carbocycles. The molecule has 0 bridgehead atoms. The number of nitrogens with zero attached hydrogens (tertiary/aromatic N) is 3. The van der Waals surface area contributed by atoms with Crippen LogP contribution >= 0.6 is 11.6 Å². The number of ether oxygens (including phenoxy) is 3. The Kier molecular flexibility index (Phi) is 8.69. The van der Waals surface area contributed by atoms with Crippen molar-refractivity contribution in [2.24, 2.45) is 0 Å². The summed E-state index contributed by atoms with van der Waals surface area (Å²) in [6.07, 6.45) is 2.07. The number of hydrogen-bond donors (Lipinski definition) is 0. The first-order valence-corrected chi connectivity index (χ1v) is 13.7. The monoisotopic (exact) mass is 549 g/mol. The van der Waals surface area contributed by atoms with Crippen LogP contribution in [0.3, 0.4) is 0 Å². The minimum absolute atomic E-state index is 0.226. The average molecular weight is 550 g/mol. The summed E-state index contributed by atoms with van der Waals surface area (Å²) in [5.41, 5.74) is 4.00. The number of benzene rings is 3. The van der Waals surface area contributed by atoms with Crippen LogP contribution in [-0.2, 0) is 26.2 Å². The summed E-state index contributed by atoms with van der Waals surface area (Å²) < 4.78 is 33.2. The van der Waals surface area contributed by atoms with Crippen LogP contribution < -0.4 is 14.2 Å². The second-order valence-corrected chi connectivity index (χ2v) is 9.99. The molecule has 4 aromatic rings. The molecule has 0 amide bonds. The van der Waals surface area contributed by atoms with Crippen molar-refractivity contribution in [3.8, 4) is 28.6 Å². The van der Waals surface area contributed by atoms with E-state index in [1.54, 1.807) is 12.1 Å². The molecular weight excluding hydrogens is 517 g/mol. The minimum atomic E-state index is -0.382. The largest absolute Gasteiger partial charge is 0.494 e. The van der Waals surface area contributed by atoms with Gasteiger partial charge in [0, 0.05) is 31.7 Å². The molecule has 2 heterocycles. The van der Waals surface area contributed by atoms with Crippen LogP contribution in [0.5, 0.6) is 17.2 Å². The third kappa shape index (κ3) is 6.37.